The molecule has 0 aliphatic rings. The second-order valence-electron chi connectivity index (χ2n) is 4.25. The molecular weight excluding hydrogens is 210 g/mol. The van der Waals surface area contributed by atoms with Gasteiger partial charge in [0.2, 0.25) is 0 Å². The average Bonchev–Trinajstić information content (AvgIpc) is 2.32. The molecule has 88 valence electrons. The molecule has 0 saturated carbocycles. The van der Waals surface area contributed by atoms with E-state index in [1.807, 2.05) is 38.1 Å². The molecule has 2 aromatic rings. The van der Waals surface area contributed by atoms with E-state index < -0.39 is 0 Å². The Morgan fingerprint density at radius 1 is 0.882 bits per heavy atom. The third-order valence-electron chi connectivity index (χ3n) is 2.99. The van der Waals surface area contributed by atoms with Crippen molar-refractivity contribution in [1.29, 1.82) is 0 Å². The van der Waals surface area contributed by atoms with Crippen molar-refractivity contribution in [3.05, 3.63) is 47.5 Å². The third-order valence-corrected chi connectivity index (χ3v) is 2.99. The van der Waals surface area contributed by atoms with Gasteiger partial charge in [-0.25, -0.2) is 0 Å². The minimum atomic E-state index is 0.825. The molecule has 3 heteroatoms. The highest BCUT2D eigenvalue weighted by Crippen LogP contribution is 2.26. The molecule has 0 amide bonds. The monoisotopic (exact) mass is 227 g/mol. The summed E-state index contributed by atoms with van der Waals surface area (Å²) in [5, 5.41) is 0. The van der Waals surface area contributed by atoms with Crippen LogP contribution in [-0.4, -0.2) is 0 Å². The highest BCUT2D eigenvalue weighted by Gasteiger charge is 2.02. The van der Waals surface area contributed by atoms with Crippen molar-refractivity contribution in [3.8, 4) is 11.1 Å². The van der Waals surface area contributed by atoms with Crippen LogP contribution in [-0.2, 0) is 0 Å². The third kappa shape index (κ3) is 2.24. The van der Waals surface area contributed by atoms with Gasteiger partial charge in [0.05, 0.1) is 5.69 Å². The zero-order valence-electron chi connectivity index (χ0n) is 10.1. The van der Waals surface area contributed by atoms with Crippen molar-refractivity contribution >= 4 is 11.4 Å². The van der Waals surface area contributed by atoms with Gasteiger partial charge in [0.1, 0.15) is 0 Å². The molecule has 0 radical (unpaired) electrons. The molecule has 0 saturated heterocycles. The lowest BCUT2D eigenvalue weighted by atomic mass is 10.0. The number of rotatable bonds is 2. The lowest BCUT2D eigenvalue weighted by Gasteiger charge is -2.09. The molecule has 0 heterocycles. The summed E-state index contributed by atoms with van der Waals surface area (Å²) in [5.74, 6) is 5.42. The number of hydrogen-bond acceptors (Lipinski definition) is 3. The Bertz CT molecular complexity index is 547. The van der Waals surface area contributed by atoms with E-state index in [0.29, 0.717) is 0 Å². The molecular formula is C14H17N3. The number of hydrazine groups is 1. The van der Waals surface area contributed by atoms with Crippen LogP contribution in [0.5, 0.6) is 0 Å². The zero-order chi connectivity index (χ0) is 12.4. The van der Waals surface area contributed by atoms with Gasteiger partial charge in [-0.1, -0.05) is 12.1 Å². The molecule has 0 spiro atoms. The number of nitrogens with one attached hydrogen (secondary N) is 1. The number of nitrogens with two attached hydrogens (primary N) is 2. The first-order valence-corrected chi connectivity index (χ1v) is 5.55. The smallest absolute Gasteiger partial charge is 0.0514 e. The molecule has 5 N–H and O–H groups in total. The van der Waals surface area contributed by atoms with Gasteiger partial charge in [-0.2, -0.15) is 0 Å². The maximum atomic E-state index is 5.82. The molecule has 0 bridgehead atoms. The van der Waals surface area contributed by atoms with Crippen LogP contribution in [0.1, 0.15) is 11.1 Å². The van der Waals surface area contributed by atoms with Crippen LogP contribution < -0.4 is 17.0 Å². The van der Waals surface area contributed by atoms with Crippen molar-refractivity contribution < 1.29 is 0 Å². The topological polar surface area (TPSA) is 64.1 Å². The molecule has 17 heavy (non-hydrogen) atoms. The zero-order valence-corrected chi connectivity index (χ0v) is 10.1. The van der Waals surface area contributed by atoms with Crippen molar-refractivity contribution in [2.24, 2.45) is 5.84 Å². The summed E-state index contributed by atoms with van der Waals surface area (Å²) in [6.45, 7) is 4.05. The first kappa shape index (κ1) is 11.5. The van der Waals surface area contributed by atoms with E-state index >= 15 is 0 Å². The largest absolute Gasteiger partial charge is 0.399 e. The van der Waals surface area contributed by atoms with E-state index in [4.69, 9.17) is 11.6 Å². The van der Waals surface area contributed by atoms with Crippen LogP contribution in [0.25, 0.3) is 11.1 Å². The Morgan fingerprint density at radius 3 is 2.00 bits per heavy atom. The molecule has 0 aromatic heterocycles. The maximum Gasteiger partial charge on any atom is 0.0514 e. The number of nitrogen functional groups attached to an aromatic ring is 2. The Morgan fingerprint density at radius 2 is 1.47 bits per heavy atom. The van der Waals surface area contributed by atoms with Gasteiger partial charge in [0.25, 0.3) is 0 Å². The Kier molecular flexibility index (Phi) is 3.02. The Labute approximate surface area is 101 Å². The predicted molar refractivity (Wildman–Crippen MR) is 73.6 cm³/mol. The Hall–Kier alpha value is -2.00. The van der Waals surface area contributed by atoms with E-state index in [-0.39, 0.29) is 0 Å². The summed E-state index contributed by atoms with van der Waals surface area (Å²) in [7, 11) is 0. The van der Waals surface area contributed by atoms with Crippen LogP contribution in [0, 0.1) is 13.8 Å². The van der Waals surface area contributed by atoms with Crippen molar-refractivity contribution in [2.75, 3.05) is 11.2 Å². The fourth-order valence-corrected chi connectivity index (χ4v) is 1.86. The molecule has 0 aliphatic heterocycles. The standard InChI is InChI=1S/C14H17N3/c1-9-7-11(3-5-13(9)15)12-4-6-14(17-16)10(2)8-12/h3-8,17H,15-16H2,1-2H3. The number of anilines is 2. The SMILES string of the molecule is Cc1cc(-c2ccc(NN)c(C)c2)ccc1N. The van der Waals surface area contributed by atoms with Crippen molar-refractivity contribution in [1.82, 2.24) is 0 Å². The predicted octanol–water partition coefficient (Wildman–Crippen LogP) is 2.84. The molecule has 0 aliphatic carbocycles. The highest BCUT2D eigenvalue weighted by atomic mass is 15.2. The molecule has 0 atom stereocenters. The van der Waals surface area contributed by atoms with Crippen LogP contribution in [0.15, 0.2) is 36.4 Å². The summed E-state index contributed by atoms with van der Waals surface area (Å²) >= 11 is 0. The van der Waals surface area contributed by atoms with Crippen LogP contribution in [0.4, 0.5) is 11.4 Å². The fourth-order valence-electron chi connectivity index (χ4n) is 1.86. The Balaban J connectivity index is 2.46. The number of benzene rings is 2. The molecule has 0 fully saturated rings. The summed E-state index contributed by atoms with van der Waals surface area (Å²) in [4.78, 5) is 0. The molecule has 2 rings (SSSR count). The second-order valence-corrected chi connectivity index (χ2v) is 4.25. The van der Waals surface area contributed by atoms with Gasteiger partial charge in [0, 0.05) is 5.69 Å². The van der Waals surface area contributed by atoms with E-state index in [2.05, 4.69) is 17.6 Å². The first-order valence-electron chi connectivity index (χ1n) is 5.55. The summed E-state index contributed by atoms with van der Waals surface area (Å²) in [5.41, 5.74) is 14.8. The minimum absolute atomic E-state index is 0.825. The van der Waals surface area contributed by atoms with Gasteiger partial charge < -0.3 is 11.2 Å². The number of aryl methyl sites for hydroxylation is 2. The van der Waals surface area contributed by atoms with Gasteiger partial charge in [-0.15, -0.1) is 0 Å². The summed E-state index contributed by atoms with van der Waals surface area (Å²) in [6, 6.07) is 12.2. The van der Waals surface area contributed by atoms with E-state index in [9.17, 15) is 0 Å². The number of hydrogen-bond donors (Lipinski definition) is 3. The quantitative estimate of drug-likeness (QED) is 0.420. The highest BCUT2D eigenvalue weighted by molar-refractivity contribution is 5.70. The first-order chi connectivity index (χ1) is 8.11. The molecule has 2 aromatic carbocycles. The van der Waals surface area contributed by atoms with E-state index in [1.54, 1.807) is 0 Å². The van der Waals surface area contributed by atoms with Gasteiger partial charge in [-0.3, -0.25) is 5.84 Å². The van der Waals surface area contributed by atoms with Gasteiger partial charge >= 0.3 is 0 Å². The molecule has 3 nitrogen and oxygen atoms in total. The summed E-state index contributed by atoms with van der Waals surface area (Å²) in [6.07, 6.45) is 0. The minimum Gasteiger partial charge on any atom is -0.399 e. The average molecular weight is 227 g/mol. The lowest BCUT2D eigenvalue weighted by molar-refractivity contribution is 1.31. The summed E-state index contributed by atoms with van der Waals surface area (Å²) < 4.78 is 0. The van der Waals surface area contributed by atoms with Crippen LogP contribution in [0.3, 0.4) is 0 Å². The fraction of sp³-hybridized carbons (Fsp3) is 0.143. The van der Waals surface area contributed by atoms with E-state index in [0.717, 1.165) is 22.5 Å². The van der Waals surface area contributed by atoms with Crippen molar-refractivity contribution in [3.63, 3.8) is 0 Å². The van der Waals surface area contributed by atoms with Gasteiger partial charge in [0.15, 0.2) is 0 Å². The maximum absolute atomic E-state index is 5.82. The normalized spacial score (nSPS) is 10.3. The lowest BCUT2D eigenvalue weighted by Crippen LogP contribution is -2.07. The van der Waals surface area contributed by atoms with Crippen molar-refractivity contribution in [2.45, 2.75) is 13.8 Å². The second kappa shape index (κ2) is 4.47. The van der Waals surface area contributed by atoms with Gasteiger partial charge in [-0.05, 0) is 60.4 Å². The van der Waals surface area contributed by atoms with Crippen LogP contribution in [0.2, 0.25) is 0 Å². The van der Waals surface area contributed by atoms with Crippen LogP contribution >= 0.6 is 0 Å². The van der Waals surface area contributed by atoms with E-state index in [1.165, 1.54) is 11.1 Å². The molecule has 0 unspecified atom stereocenters.